The first kappa shape index (κ1) is 15.0. The monoisotopic (exact) mass is 274 g/mol. The van der Waals surface area contributed by atoms with Crippen LogP contribution < -0.4 is 11.3 Å². The highest BCUT2D eigenvalue weighted by molar-refractivity contribution is 7.11. The summed E-state index contributed by atoms with van der Waals surface area (Å²) >= 11 is 1.24. The standard InChI is InChI=1S/C10H18N4O3S/c1-14(4-8(15)5-17-2)3-7-6-18-10(12-7)9(16)13-11/h6,8,15H,3-5,11H2,1-2H3,(H,13,16). The van der Waals surface area contributed by atoms with Crippen molar-refractivity contribution >= 4 is 17.2 Å². The van der Waals surface area contributed by atoms with Gasteiger partial charge in [0.15, 0.2) is 5.01 Å². The molecular weight excluding hydrogens is 256 g/mol. The summed E-state index contributed by atoms with van der Waals surface area (Å²) in [6, 6.07) is 0. The normalized spacial score (nSPS) is 12.7. The molecule has 0 radical (unpaired) electrons. The number of nitrogens with one attached hydrogen (secondary N) is 1. The molecular formula is C10H18N4O3S. The fourth-order valence-corrected chi connectivity index (χ4v) is 2.20. The summed E-state index contributed by atoms with van der Waals surface area (Å²) < 4.78 is 4.85. The molecule has 1 aromatic rings. The van der Waals surface area contributed by atoms with Gasteiger partial charge in [0.1, 0.15) is 0 Å². The first-order valence-corrected chi connectivity index (χ1v) is 6.25. The molecule has 8 heteroatoms. The van der Waals surface area contributed by atoms with Gasteiger partial charge >= 0.3 is 0 Å². The van der Waals surface area contributed by atoms with E-state index in [1.807, 2.05) is 17.4 Å². The van der Waals surface area contributed by atoms with Crippen molar-refractivity contribution < 1.29 is 14.6 Å². The van der Waals surface area contributed by atoms with E-state index in [1.165, 1.54) is 11.3 Å². The number of hydrogen-bond donors (Lipinski definition) is 3. The highest BCUT2D eigenvalue weighted by Gasteiger charge is 2.12. The fraction of sp³-hybridized carbons (Fsp3) is 0.600. The van der Waals surface area contributed by atoms with Gasteiger partial charge in [-0.2, -0.15) is 0 Å². The number of likely N-dealkylation sites (N-methyl/N-ethyl adjacent to an activating group) is 1. The second-order valence-electron chi connectivity index (χ2n) is 3.92. The van der Waals surface area contributed by atoms with Crippen LogP contribution in [-0.2, 0) is 11.3 Å². The minimum atomic E-state index is -0.537. The van der Waals surface area contributed by atoms with Crippen molar-refractivity contribution in [2.24, 2.45) is 5.84 Å². The second kappa shape index (κ2) is 7.39. The Kier molecular flexibility index (Phi) is 6.16. The van der Waals surface area contributed by atoms with E-state index in [1.54, 1.807) is 12.5 Å². The van der Waals surface area contributed by atoms with Crippen molar-refractivity contribution in [1.29, 1.82) is 0 Å². The molecule has 0 aliphatic carbocycles. The summed E-state index contributed by atoms with van der Waals surface area (Å²) in [6.07, 6.45) is -0.537. The molecule has 0 saturated carbocycles. The van der Waals surface area contributed by atoms with Crippen LogP contribution in [0.5, 0.6) is 0 Å². The molecule has 18 heavy (non-hydrogen) atoms. The summed E-state index contributed by atoms with van der Waals surface area (Å²) in [7, 11) is 3.41. The molecule has 1 amide bonds. The number of aliphatic hydroxyl groups excluding tert-OH is 1. The van der Waals surface area contributed by atoms with Crippen LogP contribution in [0.2, 0.25) is 0 Å². The molecule has 0 bridgehead atoms. The summed E-state index contributed by atoms with van der Waals surface area (Å²) in [5.74, 6) is 4.63. The molecule has 1 heterocycles. The number of nitrogens with two attached hydrogens (primary N) is 1. The van der Waals surface area contributed by atoms with Gasteiger partial charge in [-0.3, -0.25) is 15.1 Å². The van der Waals surface area contributed by atoms with E-state index in [-0.39, 0.29) is 0 Å². The fourth-order valence-electron chi connectivity index (χ4n) is 1.49. The zero-order chi connectivity index (χ0) is 13.5. The van der Waals surface area contributed by atoms with Crippen LogP contribution in [0.3, 0.4) is 0 Å². The van der Waals surface area contributed by atoms with Crippen LogP contribution in [-0.4, -0.2) is 54.3 Å². The van der Waals surface area contributed by atoms with Crippen molar-refractivity contribution in [3.05, 3.63) is 16.1 Å². The maximum Gasteiger partial charge on any atom is 0.294 e. The number of thiazole rings is 1. The van der Waals surface area contributed by atoms with Crippen molar-refractivity contribution in [2.45, 2.75) is 12.6 Å². The lowest BCUT2D eigenvalue weighted by atomic mass is 10.3. The molecule has 1 atom stereocenters. The predicted octanol–water partition coefficient (Wildman–Crippen LogP) is -0.814. The summed E-state index contributed by atoms with van der Waals surface area (Å²) in [5.41, 5.74) is 2.80. The quantitative estimate of drug-likeness (QED) is 0.341. The maximum absolute atomic E-state index is 11.2. The van der Waals surface area contributed by atoms with Gasteiger partial charge in [-0.15, -0.1) is 11.3 Å². The van der Waals surface area contributed by atoms with Crippen molar-refractivity contribution in [3.8, 4) is 0 Å². The molecule has 4 N–H and O–H groups in total. The van der Waals surface area contributed by atoms with E-state index in [4.69, 9.17) is 10.6 Å². The third-order valence-corrected chi connectivity index (χ3v) is 3.08. The van der Waals surface area contributed by atoms with Gasteiger partial charge < -0.3 is 9.84 Å². The topological polar surface area (TPSA) is 101 Å². The molecule has 0 aliphatic rings. The number of carbonyl (C=O) groups excluding carboxylic acids is 1. The Morgan fingerprint density at radius 3 is 3.11 bits per heavy atom. The van der Waals surface area contributed by atoms with Crippen molar-refractivity contribution in [1.82, 2.24) is 15.3 Å². The number of methoxy groups -OCH3 is 1. The highest BCUT2D eigenvalue weighted by Crippen LogP contribution is 2.11. The predicted molar refractivity (Wildman–Crippen MR) is 68.0 cm³/mol. The number of rotatable bonds is 7. The third kappa shape index (κ3) is 4.67. The molecule has 0 spiro atoms. The summed E-state index contributed by atoms with van der Waals surface area (Å²) in [6.45, 7) is 1.32. The lowest BCUT2D eigenvalue weighted by molar-refractivity contribution is 0.0417. The number of aliphatic hydroxyl groups is 1. The number of hydrogen-bond acceptors (Lipinski definition) is 7. The summed E-state index contributed by atoms with van der Waals surface area (Å²) in [4.78, 5) is 17.3. The van der Waals surface area contributed by atoms with E-state index < -0.39 is 12.0 Å². The number of nitrogens with zero attached hydrogens (tertiary/aromatic N) is 2. The largest absolute Gasteiger partial charge is 0.389 e. The molecule has 0 aromatic carbocycles. The average molecular weight is 274 g/mol. The Morgan fingerprint density at radius 1 is 1.78 bits per heavy atom. The molecule has 102 valence electrons. The Balaban J connectivity index is 2.46. The third-order valence-electron chi connectivity index (χ3n) is 2.19. The number of ether oxygens (including phenoxy) is 1. The van der Waals surface area contributed by atoms with E-state index in [2.05, 4.69) is 4.98 Å². The van der Waals surface area contributed by atoms with Gasteiger partial charge in [-0.1, -0.05) is 0 Å². The minimum Gasteiger partial charge on any atom is -0.389 e. The molecule has 0 saturated heterocycles. The lowest BCUT2D eigenvalue weighted by Gasteiger charge is -2.18. The number of carbonyl (C=O) groups is 1. The lowest BCUT2D eigenvalue weighted by Crippen LogP contribution is -2.32. The van der Waals surface area contributed by atoms with E-state index >= 15 is 0 Å². The van der Waals surface area contributed by atoms with Crippen LogP contribution in [0.25, 0.3) is 0 Å². The van der Waals surface area contributed by atoms with E-state index in [0.717, 1.165) is 5.69 Å². The first-order valence-electron chi connectivity index (χ1n) is 5.37. The van der Waals surface area contributed by atoms with Crippen LogP contribution in [0.4, 0.5) is 0 Å². The number of aromatic nitrogens is 1. The van der Waals surface area contributed by atoms with Crippen molar-refractivity contribution in [2.75, 3.05) is 27.3 Å². The van der Waals surface area contributed by atoms with E-state index in [0.29, 0.717) is 24.7 Å². The highest BCUT2D eigenvalue weighted by atomic mass is 32.1. The van der Waals surface area contributed by atoms with Crippen LogP contribution in [0.15, 0.2) is 5.38 Å². The smallest absolute Gasteiger partial charge is 0.294 e. The minimum absolute atomic E-state index is 0.294. The van der Waals surface area contributed by atoms with Gasteiger partial charge in [0.25, 0.3) is 5.91 Å². The SMILES string of the molecule is COCC(O)CN(C)Cc1csc(C(=O)NN)n1. The van der Waals surface area contributed by atoms with Crippen molar-refractivity contribution in [3.63, 3.8) is 0 Å². The Labute approximate surface area is 110 Å². The molecule has 1 unspecified atom stereocenters. The molecule has 1 aromatic heterocycles. The van der Waals surface area contributed by atoms with Gasteiger partial charge in [0, 0.05) is 25.6 Å². The number of amides is 1. The number of nitrogen functional groups attached to an aromatic ring is 1. The van der Waals surface area contributed by atoms with Gasteiger partial charge in [0.05, 0.1) is 18.4 Å². The molecule has 1 rings (SSSR count). The van der Waals surface area contributed by atoms with Crippen LogP contribution >= 0.6 is 11.3 Å². The van der Waals surface area contributed by atoms with Crippen LogP contribution in [0.1, 0.15) is 15.5 Å². The Hall–Kier alpha value is -1.06. The Bertz CT molecular complexity index is 385. The molecule has 0 fully saturated rings. The Morgan fingerprint density at radius 2 is 2.50 bits per heavy atom. The second-order valence-corrected chi connectivity index (χ2v) is 4.78. The average Bonchev–Trinajstić information content (AvgIpc) is 2.76. The van der Waals surface area contributed by atoms with Crippen LogP contribution in [0, 0.1) is 0 Å². The zero-order valence-electron chi connectivity index (χ0n) is 10.4. The molecule has 0 aliphatic heterocycles. The maximum atomic E-state index is 11.2. The zero-order valence-corrected chi connectivity index (χ0v) is 11.2. The van der Waals surface area contributed by atoms with Gasteiger partial charge in [0.2, 0.25) is 0 Å². The van der Waals surface area contributed by atoms with Gasteiger partial charge in [-0.05, 0) is 7.05 Å². The van der Waals surface area contributed by atoms with Gasteiger partial charge in [-0.25, -0.2) is 10.8 Å². The van der Waals surface area contributed by atoms with E-state index in [9.17, 15) is 9.90 Å². The summed E-state index contributed by atoms with van der Waals surface area (Å²) in [5, 5.41) is 11.7. The number of hydrazine groups is 1. The molecule has 7 nitrogen and oxygen atoms in total. The first-order chi connectivity index (χ1) is 8.56.